The van der Waals surface area contributed by atoms with E-state index in [1.165, 1.54) is 0 Å². The Balaban J connectivity index is 1.60. The molecule has 8 nitrogen and oxygen atoms in total. The maximum Gasteiger partial charge on any atom is 0.101 e. The van der Waals surface area contributed by atoms with Crippen LogP contribution in [0.5, 0.6) is 0 Å². The van der Waals surface area contributed by atoms with Crippen LogP contribution in [0.4, 0.5) is 11.4 Å². The summed E-state index contributed by atoms with van der Waals surface area (Å²) < 4.78 is 2.08. The zero-order chi connectivity index (χ0) is 39.6. The fourth-order valence-corrected chi connectivity index (χ4v) is 7.94. The SMILES string of the molecule is N#Cc1ccccc1-c1c(C#N)c(-c2ccccc2C#N)c(-n2c3ccccc3c3ccncc32)c(-c2ccccc2C#N)c1Nc1cnccc1-c1ccccc1. The molecule has 0 aliphatic heterocycles. The molecular formula is C50H28N8. The smallest absolute Gasteiger partial charge is 0.101 e. The summed E-state index contributed by atoms with van der Waals surface area (Å²) in [7, 11) is 0. The van der Waals surface area contributed by atoms with Crippen LogP contribution in [0.2, 0.25) is 0 Å². The summed E-state index contributed by atoms with van der Waals surface area (Å²) in [5, 5.41) is 49.4. The molecule has 0 aliphatic carbocycles. The topological polar surface area (TPSA) is 138 Å². The van der Waals surface area contributed by atoms with Crippen LogP contribution < -0.4 is 5.32 Å². The van der Waals surface area contributed by atoms with Gasteiger partial charge < -0.3 is 9.88 Å². The molecule has 58 heavy (non-hydrogen) atoms. The van der Waals surface area contributed by atoms with E-state index in [0.29, 0.717) is 67.1 Å². The van der Waals surface area contributed by atoms with Gasteiger partial charge >= 0.3 is 0 Å². The number of nitrogens with zero attached hydrogens (tertiary/aromatic N) is 7. The predicted octanol–water partition coefficient (Wildman–Crippen LogP) is 11.5. The van der Waals surface area contributed by atoms with Crippen LogP contribution in [0, 0.1) is 45.3 Å². The fraction of sp³-hybridized carbons (Fsp3) is 0. The lowest BCUT2D eigenvalue weighted by molar-refractivity contribution is 1.16. The number of nitriles is 4. The van der Waals surface area contributed by atoms with E-state index < -0.39 is 0 Å². The summed E-state index contributed by atoms with van der Waals surface area (Å²) >= 11 is 0. The highest BCUT2D eigenvalue weighted by molar-refractivity contribution is 6.14. The molecule has 0 saturated carbocycles. The van der Waals surface area contributed by atoms with E-state index in [1.807, 2.05) is 109 Å². The summed E-state index contributed by atoms with van der Waals surface area (Å²) in [4.78, 5) is 9.12. The lowest BCUT2D eigenvalue weighted by Crippen LogP contribution is -2.10. The Kier molecular flexibility index (Phi) is 8.90. The number of rotatable bonds is 7. The average molecular weight is 741 g/mol. The third kappa shape index (κ3) is 5.67. The second-order valence-corrected chi connectivity index (χ2v) is 13.5. The van der Waals surface area contributed by atoms with Gasteiger partial charge in [-0.05, 0) is 42.0 Å². The summed E-state index contributed by atoms with van der Waals surface area (Å²) in [6, 6.07) is 53.2. The van der Waals surface area contributed by atoms with Crippen molar-refractivity contribution < 1.29 is 0 Å². The van der Waals surface area contributed by atoms with Gasteiger partial charge in [-0.25, -0.2) is 0 Å². The molecule has 3 aromatic heterocycles. The molecule has 0 aliphatic rings. The molecule has 8 heteroatoms. The highest BCUT2D eigenvalue weighted by atomic mass is 15.0. The van der Waals surface area contributed by atoms with E-state index in [2.05, 4.69) is 44.1 Å². The maximum atomic E-state index is 11.7. The van der Waals surface area contributed by atoms with Crippen LogP contribution in [-0.2, 0) is 0 Å². The van der Waals surface area contributed by atoms with E-state index in [1.54, 1.807) is 55.1 Å². The molecule has 0 spiro atoms. The first-order valence-electron chi connectivity index (χ1n) is 18.4. The molecular weight excluding hydrogens is 713 g/mol. The molecule has 6 aromatic carbocycles. The Hall–Kier alpha value is -8.82. The number of fused-ring (bicyclic) bond motifs is 3. The van der Waals surface area contributed by atoms with E-state index in [9.17, 15) is 21.0 Å². The van der Waals surface area contributed by atoms with Crippen molar-refractivity contribution in [3.05, 3.63) is 187 Å². The Morgan fingerprint density at radius 2 is 0.983 bits per heavy atom. The Bertz CT molecular complexity index is 3210. The fourth-order valence-electron chi connectivity index (χ4n) is 7.94. The summed E-state index contributed by atoms with van der Waals surface area (Å²) in [5.41, 5.74) is 9.30. The Labute approximate surface area is 334 Å². The molecule has 0 saturated heterocycles. The van der Waals surface area contributed by atoms with Crippen molar-refractivity contribution in [3.8, 4) is 74.5 Å². The standard InChI is InChI=1S/C50H28N8/c51-26-33-14-4-7-17-37(33)46-42(29-54)47(38-18-8-5-15-34(38)27-52)50(58-44-21-11-10-20-40(44)41-23-25-56-31-45(41)58)48(39-19-9-6-16-35(39)28-53)49(46)57-43-30-55-24-22-36(43)32-12-2-1-3-13-32/h1-25,30-31,57H. The van der Waals surface area contributed by atoms with E-state index in [0.717, 1.165) is 32.9 Å². The number of benzene rings is 6. The second-order valence-electron chi connectivity index (χ2n) is 13.5. The van der Waals surface area contributed by atoms with Crippen molar-refractivity contribution in [1.29, 1.82) is 21.0 Å². The summed E-state index contributed by atoms with van der Waals surface area (Å²) in [5.74, 6) is 0. The molecule has 9 rings (SSSR count). The van der Waals surface area contributed by atoms with Crippen molar-refractivity contribution in [2.24, 2.45) is 0 Å². The molecule has 0 bridgehead atoms. The van der Waals surface area contributed by atoms with Gasteiger partial charge in [0.25, 0.3) is 0 Å². The third-order valence-corrected chi connectivity index (χ3v) is 10.4. The van der Waals surface area contributed by atoms with Crippen molar-refractivity contribution in [3.63, 3.8) is 0 Å². The monoisotopic (exact) mass is 740 g/mol. The minimum absolute atomic E-state index is 0.223. The molecule has 1 N–H and O–H groups in total. The molecule has 0 radical (unpaired) electrons. The van der Waals surface area contributed by atoms with Crippen molar-refractivity contribution in [1.82, 2.24) is 14.5 Å². The van der Waals surface area contributed by atoms with Gasteiger partial charge in [-0.1, -0.05) is 103 Å². The van der Waals surface area contributed by atoms with Crippen molar-refractivity contribution in [2.75, 3.05) is 5.32 Å². The van der Waals surface area contributed by atoms with Gasteiger partial charge in [0.05, 0.1) is 81.0 Å². The first-order valence-corrected chi connectivity index (χ1v) is 18.4. The Morgan fingerprint density at radius 3 is 1.64 bits per heavy atom. The third-order valence-electron chi connectivity index (χ3n) is 10.4. The van der Waals surface area contributed by atoms with E-state index >= 15 is 0 Å². The molecule has 0 amide bonds. The highest BCUT2D eigenvalue weighted by Crippen LogP contribution is 2.53. The zero-order valence-corrected chi connectivity index (χ0v) is 30.7. The van der Waals surface area contributed by atoms with Gasteiger partial charge in [0.15, 0.2) is 0 Å². The molecule has 9 aromatic rings. The quantitative estimate of drug-likeness (QED) is 0.172. The average Bonchev–Trinajstić information content (AvgIpc) is 3.63. The predicted molar refractivity (Wildman–Crippen MR) is 227 cm³/mol. The Morgan fingerprint density at radius 1 is 0.448 bits per heavy atom. The van der Waals surface area contributed by atoms with E-state index in [4.69, 9.17) is 0 Å². The normalized spacial score (nSPS) is 10.7. The minimum Gasteiger partial charge on any atom is -0.353 e. The molecule has 0 atom stereocenters. The molecule has 268 valence electrons. The molecule has 3 heterocycles. The van der Waals surface area contributed by atoms with Gasteiger partial charge in [0, 0.05) is 62.1 Å². The zero-order valence-electron chi connectivity index (χ0n) is 30.7. The number of aromatic nitrogens is 3. The van der Waals surface area contributed by atoms with Crippen LogP contribution in [0.3, 0.4) is 0 Å². The van der Waals surface area contributed by atoms with Crippen LogP contribution in [-0.4, -0.2) is 14.5 Å². The summed E-state index contributed by atoms with van der Waals surface area (Å²) in [6.45, 7) is 0. The van der Waals surface area contributed by atoms with Gasteiger partial charge in [-0.3, -0.25) is 9.97 Å². The summed E-state index contributed by atoms with van der Waals surface area (Å²) in [6.07, 6.45) is 7.00. The molecule has 0 unspecified atom stereocenters. The van der Waals surface area contributed by atoms with E-state index in [-0.39, 0.29) is 5.56 Å². The number of para-hydroxylation sites is 1. The van der Waals surface area contributed by atoms with Gasteiger partial charge in [0.2, 0.25) is 0 Å². The lowest BCUT2D eigenvalue weighted by Gasteiger charge is -2.28. The van der Waals surface area contributed by atoms with Gasteiger partial charge in [-0.15, -0.1) is 0 Å². The van der Waals surface area contributed by atoms with Crippen LogP contribution in [0.15, 0.2) is 164 Å². The largest absolute Gasteiger partial charge is 0.353 e. The lowest BCUT2D eigenvalue weighted by atomic mass is 9.81. The maximum absolute atomic E-state index is 11.7. The van der Waals surface area contributed by atoms with Crippen molar-refractivity contribution in [2.45, 2.75) is 0 Å². The van der Waals surface area contributed by atoms with Gasteiger partial charge in [-0.2, -0.15) is 21.0 Å². The molecule has 0 fully saturated rings. The van der Waals surface area contributed by atoms with Crippen LogP contribution >= 0.6 is 0 Å². The van der Waals surface area contributed by atoms with Crippen molar-refractivity contribution >= 4 is 33.2 Å². The number of hydrogen-bond acceptors (Lipinski definition) is 7. The first kappa shape index (κ1) is 34.9. The van der Waals surface area contributed by atoms with Gasteiger partial charge in [0.1, 0.15) is 6.07 Å². The van der Waals surface area contributed by atoms with Crippen LogP contribution in [0.25, 0.3) is 72.0 Å². The number of hydrogen-bond donors (Lipinski definition) is 1. The van der Waals surface area contributed by atoms with Crippen LogP contribution in [0.1, 0.15) is 22.3 Å². The highest BCUT2D eigenvalue weighted by Gasteiger charge is 2.32. The number of nitrogens with one attached hydrogen (secondary N) is 1. The number of anilines is 2. The number of pyridine rings is 2. The minimum atomic E-state index is 0.223. The first-order chi connectivity index (χ1) is 28.7. The second kappa shape index (κ2) is 14.8.